The molecule has 1 aromatic rings. The monoisotopic (exact) mass is 321 g/mol. The Morgan fingerprint density at radius 1 is 1.36 bits per heavy atom. The minimum atomic E-state index is -0.182. The van der Waals surface area contributed by atoms with Crippen molar-refractivity contribution < 1.29 is 9.90 Å². The molecular formula is C16H23N3O2S. The van der Waals surface area contributed by atoms with Gasteiger partial charge in [0.25, 0.3) is 0 Å². The van der Waals surface area contributed by atoms with Gasteiger partial charge in [0.15, 0.2) is 5.13 Å². The lowest BCUT2D eigenvalue weighted by Gasteiger charge is -2.39. The minimum absolute atomic E-state index is 0.0103. The summed E-state index contributed by atoms with van der Waals surface area (Å²) in [6, 6.07) is 0. The van der Waals surface area contributed by atoms with Crippen LogP contribution in [0.3, 0.4) is 0 Å². The average Bonchev–Trinajstić information content (AvgIpc) is 3.05. The number of anilines is 1. The molecule has 1 atom stereocenters. The Balaban J connectivity index is 1.48. The summed E-state index contributed by atoms with van der Waals surface area (Å²) in [5.74, 6) is 1.15. The highest BCUT2D eigenvalue weighted by Gasteiger charge is 2.49. The van der Waals surface area contributed by atoms with Gasteiger partial charge in [0, 0.05) is 31.6 Å². The molecule has 0 bridgehead atoms. The van der Waals surface area contributed by atoms with E-state index in [1.54, 1.807) is 11.3 Å². The molecule has 0 unspecified atom stereocenters. The third-order valence-electron chi connectivity index (χ3n) is 5.33. The van der Waals surface area contributed by atoms with Crippen LogP contribution in [0.25, 0.3) is 0 Å². The van der Waals surface area contributed by atoms with Crippen molar-refractivity contribution in [3.63, 3.8) is 0 Å². The number of amides is 1. The highest BCUT2D eigenvalue weighted by atomic mass is 32.1. The quantitative estimate of drug-likeness (QED) is 0.920. The first-order valence-corrected chi connectivity index (χ1v) is 9.18. The number of hydrogen-bond acceptors (Lipinski definition) is 5. The molecule has 22 heavy (non-hydrogen) atoms. The van der Waals surface area contributed by atoms with Crippen molar-refractivity contribution in [2.45, 2.75) is 38.7 Å². The Bertz CT molecular complexity index is 571. The number of nitrogens with zero attached hydrogens (tertiary/aromatic N) is 3. The van der Waals surface area contributed by atoms with Gasteiger partial charge in [0.05, 0.1) is 17.7 Å². The first-order valence-electron chi connectivity index (χ1n) is 8.30. The fourth-order valence-electron chi connectivity index (χ4n) is 3.87. The Kier molecular flexibility index (Phi) is 3.61. The maximum atomic E-state index is 13.0. The Labute approximate surface area is 134 Å². The average molecular weight is 321 g/mol. The van der Waals surface area contributed by atoms with Gasteiger partial charge in [-0.1, -0.05) is 0 Å². The molecule has 120 valence electrons. The zero-order valence-corrected chi connectivity index (χ0v) is 13.6. The van der Waals surface area contributed by atoms with Crippen LogP contribution < -0.4 is 4.90 Å². The van der Waals surface area contributed by atoms with E-state index in [2.05, 4.69) is 14.8 Å². The van der Waals surface area contributed by atoms with Crippen molar-refractivity contribution in [2.24, 2.45) is 11.3 Å². The maximum Gasteiger partial charge on any atom is 0.230 e. The normalized spacial score (nSPS) is 28.9. The summed E-state index contributed by atoms with van der Waals surface area (Å²) in [6.45, 7) is 3.62. The zero-order valence-electron chi connectivity index (χ0n) is 12.8. The molecule has 4 rings (SSSR count). The molecule has 1 N–H and O–H groups in total. The number of likely N-dealkylation sites (tertiary alicyclic amines) is 1. The SMILES string of the molecule is O=C1N(CC2CC2)CCC[C@]12CCN(c1nc(CO)cs1)C2. The fourth-order valence-corrected chi connectivity index (χ4v) is 4.71. The van der Waals surface area contributed by atoms with Crippen LogP contribution in [0.15, 0.2) is 5.38 Å². The number of aromatic nitrogens is 1. The van der Waals surface area contributed by atoms with Gasteiger partial charge in [0.1, 0.15) is 0 Å². The van der Waals surface area contributed by atoms with E-state index in [-0.39, 0.29) is 12.0 Å². The second-order valence-corrected chi connectivity index (χ2v) is 7.87. The largest absolute Gasteiger partial charge is 0.390 e. The van der Waals surface area contributed by atoms with E-state index in [4.69, 9.17) is 5.11 Å². The summed E-state index contributed by atoms with van der Waals surface area (Å²) >= 11 is 1.57. The lowest BCUT2D eigenvalue weighted by molar-refractivity contribution is -0.145. The summed E-state index contributed by atoms with van der Waals surface area (Å²) in [4.78, 5) is 21.8. The molecule has 1 aromatic heterocycles. The number of piperidine rings is 1. The highest BCUT2D eigenvalue weighted by Crippen LogP contribution is 2.43. The van der Waals surface area contributed by atoms with Crippen LogP contribution in [0.5, 0.6) is 0 Å². The van der Waals surface area contributed by atoms with E-state index < -0.39 is 0 Å². The Hall–Kier alpha value is -1.14. The standard InChI is InChI=1S/C16H23N3O2S/c20-9-13-10-22-15(17-13)19-7-5-16(11-19)4-1-6-18(14(16)21)8-12-2-3-12/h10,12,20H,1-9,11H2/t16-/m1/s1. The van der Waals surface area contributed by atoms with Crippen molar-refractivity contribution in [1.82, 2.24) is 9.88 Å². The van der Waals surface area contributed by atoms with Crippen LogP contribution >= 0.6 is 11.3 Å². The molecule has 2 aliphatic heterocycles. The van der Waals surface area contributed by atoms with Gasteiger partial charge in [-0.3, -0.25) is 4.79 Å². The van der Waals surface area contributed by atoms with E-state index in [0.29, 0.717) is 5.91 Å². The molecule has 2 saturated heterocycles. The van der Waals surface area contributed by atoms with Crippen LogP contribution in [-0.2, 0) is 11.4 Å². The molecule has 5 nitrogen and oxygen atoms in total. The van der Waals surface area contributed by atoms with Gasteiger partial charge < -0.3 is 14.9 Å². The molecule has 0 aromatic carbocycles. The highest BCUT2D eigenvalue weighted by molar-refractivity contribution is 7.13. The van der Waals surface area contributed by atoms with E-state index >= 15 is 0 Å². The lowest BCUT2D eigenvalue weighted by atomic mass is 9.78. The molecule has 3 heterocycles. The second kappa shape index (κ2) is 5.49. The Morgan fingerprint density at radius 2 is 2.23 bits per heavy atom. The van der Waals surface area contributed by atoms with E-state index in [1.165, 1.54) is 12.8 Å². The van der Waals surface area contributed by atoms with Crippen LogP contribution in [0.2, 0.25) is 0 Å². The second-order valence-electron chi connectivity index (χ2n) is 7.03. The van der Waals surface area contributed by atoms with Crippen LogP contribution in [0, 0.1) is 11.3 Å². The van der Waals surface area contributed by atoms with Gasteiger partial charge in [0.2, 0.25) is 5.91 Å². The summed E-state index contributed by atoms with van der Waals surface area (Å²) in [7, 11) is 0. The third kappa shape index (κ3) is 2.52. The summed E-state index contributed by atoms with van der Waals surface area (Å²) in [5, 5.41) is 12.0. The first-order chi connectivity index (χ1) is 10.7. The van der Waals surface area contributed by atoms with E-state index in [1.807, 2.05) is 5.38 Å². The number of thiazole rings is 1. The topological polar surface area (TPSA) is 56.7 Å². The van der Waals surface area contributed by atoms with Crippen molar-refractivity contribution in [3.05, 3.63) is 11.1 Å². The smallest absolute Gasteiger partial charge is 0.230 e. The fraction of sp³-hybridized carbons (Fsp3) is 0.750. The molecule has 0 radical (unpaired) electrons. The Morgan fingerprint density at radius 3 is 2.95 bits per heavy atom. The van der Waals surface area contributed by atoms with Gasteiger partial charge in [-0.05, 0) is 38.0 Å². The maximum absolute atomic E-state index is 13.0. The van der Waals surface area contributed by atoms with Gasteiger partial charge >= 0.3 is 0 Å². The predicted octanol–water partition coefficient (Wildman–Crippen LogP) is 1.86. The predicted molar refractivity (Wildman–Crippen MR) is 85.8 cm³/mol. The van der Waals surface area contributed by atoms with Gasteiger partial charge in [-0.15, -0.1) is 11.3 Å². The summed E-state index contributed by atoms with van der Waals surface area (Å²) in [6.07, 6.45) is 5.69. The lowest BCUT2D eigenvalue weighted by Crippen LogP contribution is -2.50. The summed E-state index contributed by atoms with van der Waals surface area (Å²) < 4.78 is 0. The first kappa shape index (κ1) is 14.5. The van der Waals surface area contributed by atoms with Crippen LogP contribution in [0.4, 0.5) is 5.13 Å². The van der Waals surface area contributed by atoms with Crippen molar-refractivity contribution in [1.29, 1.82) is 0 Å². The number of carbonyl (C=O) groups excluding carboxylic acids is 1. The van der Waals surface area contributed by atoms with Crippen molar-refractivity contribution in [2.75, 3.05) is 31.1 Å². The molecule has 1 saturated carbocycles. The molecule has 6 heteroatoms. The van der Waals surface area contributed by atoms with E-state index in [9.17, 15) is 4.79 Å². The zero-order chi connectivity index (χ0) is 15.2. The molecule has 1 amide bonds. The van der Waals surface area contributed by atoms with Gasteiger partial charge in [-0.2, -0.15) is 0 Å². The number of hydrogen-bond donors (Lipinski definition) is 1. The molecule has 3 fully saturated rings. The van der Waals surface area contributed by atoms with E-state index in [0.717, 1.165) is 62.2 Å². The molecule has 3 aliphatic rings. The van der Waals surface area contributed by atoms with Crippen molar-refractivity contribution in [3.8, 4) is 0 Å². The third-order valence-corrected chi connectivity index (χ3v) is 6.28. The number of carbonyl (C=O) groups is 1. The van der Waals surface area contributed by atoms with Crippen LogP contribution in [0.1, 0.15) is 37.8 Å². The minimum Gasteiger partial charge on any atom is -0.390 e. The molecule has 1 aliphatic carbocycles. The number of aliphatic hydroxyl groups excluding tert-OH is 1. The molecule has 1 spiro atoms. The number of aliphatic hydroxyl groups is 1. The van der Waals surface area contributed by atoms with Crippen molar-refractivity contribution >= 4 is 22.4 Å². The summed E-state index contributed by atoms with van der Waals surface area (Å²) in [5.41, 5.74) is 0.546. The molecular weight excluding hydrogens is 298 g/mol. The van der Waals surface area contributed by atoms with Gasteiger partial charge in [-0.25, -0.2) is 4.98 Å². The number of rotatable bonds is 4. The van der Waals surface area contributed by atoms with Crippen LogP contribution in [-0.4, -0.2) is 47.1 Å².